The van der Waals surface area contributed by atoms with E-state index >= 15 is 0 Å². The lowest BCUT2D eigenvalue weighted by Crippen LogP contribution is -2.50. The van der Waals surface area contributed by atoms with Crippen LogP contribution in [0.25, 0.3) is 11.1 Å². The predicted molar refractivity (Wildman–Crippen MR) is 153 cm³/mol. The highest BCUT2D eigenvalue weighted by Gasteiger charge is 2.29. The Kier molecular flexibility index (Phi) is 8.27. The average molecular weight is 582 g/mol. The average Bonchev–Trinajstić information content (AvgIpc) is 3.25. The number of amides is 2. The fourth-order valence-electron chi connectivity index (χ4n) is 4.62. The van der Waals surface area contributed by atoms with Gasteiger partial charge in [0.1, 0.15) is 12.8 Å². The summed E-state index contributed by atoms with van der Waals surface area (Å²) in [7, 11) is 0. The number of hydrogen-bond acceptors (Lipinski definition) is 4. The zero-order valence-electron chi connectivity index (χ0n) is 20.5. The smallest absolute Gasteiger partial charge is 0.414 e. The molecule has 1 aliphatic rings. The van der Waals surface area contributed by atoms with Gasteiger partial charge in [-0.25, -0.2) is 9.59 Å². The van der Waals surface area contributed by atoms with Crippen LogP contribution in [0.15, 0.2) is 91.0 Å². The molecule has 0 heterocycles. The second-order valence-corrected chi connectivity index (χ2v) is 10.2. The third kappa shape index (κ3) is 6.31. The van der Waals surface area contributed by atoms with Gasteiger partial charge in [0.25, 0.3) is 0 Å². The van der Waals surface area contributed by atoms with Crippen molar-refractivity contribution in [2.24, 2.45) is 0 Å². The van der Waals surface area contributed by atoms with Crippen molar-refractivity contribution in [2.75, 3.05) is 6.61 Å². The summed E-state index contributed by atoms with van der Waals surface area (Å²) in [6, 6.07) is 28.3. The Labute approximate surface area is 240 Å². The molecule has 1 atom stereocenters. The van der Waals surface area contributed by atoms with Crippen molar-refractivity contribution in [2.45, 2.75) is 18.5 Å². The number of fused-ring (bicyclic) bond motifs is 3. The minimum Gasteiger partial charge on any atom is -0.449 e. The molecule has 0 bridgehead atoms. The number of benzene rings is 4. The first-order valence-electron chi connectivity index (χ1n) is 12.2. The molecule has 39 heavy (non-hydrogen) atoms. The summed E-state index contributed by atoms with van der Waals surface area (Å²) >= 11 is 18.1. The van der Waals surface area contributed by atoms with E-state index in [1.807, 2.05) is 66.7 Å². The highest BCUT2D eigenvalue weighted by Crippen LogP contribution is 2.44. The minimum atomic E-state index is -0.838. The number of rotatable bonds is 7. The molecule has 2 N–H and O–H groups in total. The molecule has 9 heteroatoms. The fourth-order valence-corrected chi connectivity index (χ4v) is 5.20. The zero-order valence-corrected chi connectivity index (χ0v) is 22.8. The molecule has 0 aliphatic heterocycles. The van der Waals surface area contributed by atoms with Gasteiger partial charge in [-0.05, 0) is 33.9 Å². The van der Waals surface area contributed by atoms with Gasteiger partial charge in [-0.3, -0.25) is 0 Å². The molecule has 6 nitrogen and oxygen atoms in total. The number of hydrogen-bond donors (Lipinski definition) is 2. The van der Waals surface area contributed by atoms with Crippen molar-refractivity contribution < 1.29 is 19.1 Å². The first-order valence-corrected chi connectivity index (χ1v) is 13.3. The molecular formula is C30H23Cl3N2O4. The monoisotopic (exact) mass is 580 g/mol. The summed E-state index contributed by atoms with van der Waals surface area (Å²) < 4.78 is 11.0. The summed E-state index contributed by atoms with van der Waals surface area (Å²) in [5.41, 5.74) is 5.36. The van der Waals surface area contributed by atoms with Crippen LogP contribution in [0.5, 0.6) is 5.75 Å². The zero-order chi connectivity index (χ0) is 27.4. The molecule has 0 fully saturated rings. The molecule has 0 spiro atoms. The summed E-state index contributed by atoms with van der Waals surface area (Å²) in [5.74, 6) is -0.0615. The Hall–Kier alpha value is -3.71. The second kappa shape index (κ2) is 12.0. The van der Waals surface area contributed by atoms with Crippen molar-refractivity contribution in [3.05, 3.63) is 123 Å². The van der Waals surface area contributed by atoms with Crippen LogP contribution in [0, 0.1) is 0 Å². The number of nitrogens with one attached hydrogen (secondary N) is 2. The van der Waals surface area contributed by atoms with E-state index in [-0.39, 0.29) is 39.8 Å². The van der Waals surface area contributed by atoms with E-state index in [1.165, 1.54) is 12.1 Å². The van der Waals surface area contributed by atoms with Gasteiger partial charge in [0.2, 0.25) is 0 Å². The lowest BCUT2D eigenvalue weighted by Gasteiger charge is -2.21. The molecule has 0 aromatic heterocycles. The number of alkyl carbamates (subject to hydrolysis) is 1. The lowest BCUT2D eigenvalue weighted by atomic mass is 9.98. The van der Waals surface area contributed by atoms with Crippen LogP contribution < -0.4 is 15.4 Å². The quantitative estimate of drug-likeness (QED) is 0.172. The third-order valence-electron chi connectivity index (χ3n) is 6.39. The van der Waals surface area contributed by atoms with Crippen LogP contribution in [0.2, 0.25) is 15.1 Å². The van der Waals surface area contributed by atoms with Gasteiger partial charge in [-0.2, -0.15) is 0 Å². The molecule has 0 saturated carbocycles. The molecule has 0 unspecified atom stereocenters. The second-order valence-electron chi connectivity index (χ2n) is 8.94. The molecule has 1 aliphatic carbocycles. The Morgan fingerprint density at radius 2 is 1.28 bits per heavy atom. The van der Waals surface area contributed by atoms with E-state index in [9.17, 15) is 9.59 Å². The Morgan fingerprint density at radius 3 is 1.95 bits per heavy atom. The summed E-state index contributed by atoms with van der Waals surface area (Å²) in [6.07, 6.45) is -2.06. The summed E-state index contributed by atoms with van der Waals surface area (Å²) in [4.78, 5) is 25.6. The SMILES string of the molecule is O=C(N[C@@H](Cc1ccccc1)NC(=O)Oc1cc(Cl)c(Cl)cc1Cl)OCC1c2ccccc2-c2ccccc21. The van der Waals surface area contributed by atoms with Gasteiger partial charge in [-0.15, -0.1) is 0 Å². The first kappa shape index (κ1) is 26.9. The van der Waals surface area contributed by atoms with Crippen LogP contribution in [-0.2, 0) is 11.2 Å². The van der Waals surface area contributed by atoms with E-state index in [0.717, 1.165) is 27.8 Å². The minimum absolute atomic E-state index is 0.0307. The van der Waals surface area contributed by atoms with Crippen LogP contribution in [0.4, 0.5) is 9.59 Å². The van der Waals surface area contributed by atoms with Crippen LogP contribution in [-0.4, -0.2) is 25.0 Å². The standard InChI is InChI=1S/C30H23Cl3N2O4/c31-24-15-26(33)27(16-25(24)32)39-30(37)35-28(14-18-8-2-1-3-9-18)34-29(36)38-17-23-21-12-6-4-10-19(21)20-11-5-7-13-22(20)23/h1-13,15-16,23,28H,14,17H2,(H,34,36)(H,35,37)/t28-/m1/s1. The molecule has 4 aromatic carbocycles. The number of carbonyl (C=O) groups excluding carboxylic acids is 2. The topological polar surface area (TPSA) is 76.7 Å². The fraction of sp³-hybridized carbons (Fsp3) is 0.133. The molecule has 5 rings (SSSR count). The van der Waals surface area contributed by atoms with Crippen molar-refractivity contribution in [3.63, 3.8) is 0 Å². The number of ether oxygens (including phenoxy) is 2. The van der Waals surface area contributed by atoms with E-state index in [2.05, 4.69) is 22.8 Å². The van der Waals surface area contributed by atoms with E-state index in [1.54, 1.807) is 0 Å². The molecule has 0 saturated heterocycles. The van der Waals surface area contributed by atoms with Crippen molar-refractivity contribution in [3.8, 4) is 16.9 Å². The molecule has 2 amide bonds. The Bertz CT molecular complexity index is 1470. The maximum absolute atomic E-state index is 12.9. The molecule has 0 radical (unpaired) electrons. The largest absolute Gasteiger partial charge is 0.449 e. The molecule has 198 valence electrons. The van der Waals surface area contributed by atoms with E-state index in [4.69, 9.17) is 44.3 Å². The van der Waals surface area contributed by atoms with E-state index < -0.39 is 18.4 Å². The Balaban J connectivity index is 1.27. The number of carbonyl (C=O) groups is 2. The third-order valence-corrected chi connectivity index (χ3v) is 7.41. The van der Waals surface area contributed by atoms with Crippen LogP contribution >= 0.6 is 34.8 Å². The van der Waals surface area contributed by atoms with Crippen molar-refractivity contribution in [1.29, 1.82) is 0 Å². The summed E-state index contributed by atoms with van der Waals surface area (Å²) in [5, 5.41) is 5.92. The maximum Gasteiger partial charge on any atom is 0.414 e. The first-order chi connectivity index (χ1) is 18.9. The van der Waals surface area contributed by atoms with Gasteiger partial charge in [0, 0.05) is 18.4 Å². The van der Waals surface area contributed by atoms with Crippen LogP contribution in [0.3, 0.4) is 0 Å². The lowest BCUT2D eigenvalue weighted by molar-refractivity contribution is 0.136. The predicted octanol–water partition coefficient (Wildman–Crippen LogP) is 7.84. The molecule has 4 aromatic rings. The van der Waals surface area contributed by atoms with E-state index in [0.29, 0.717) is 0 Å². The van der Waals surface area contributed by atoms with Crippen LogP contribution in [0.1, 0.15) is 22.6 Å². The van der Waals surface area contributed by atoms with Gasteiger partial charge < -0.3 is 20.1 Å². The Morgan fingerprint density at radius 1 is 0.718 bits per heavy atom. The normalized spacial score (nSPS) is 12.7. The van der Waals surface area contributed by atoms with Gasteiger partial charge >= 0.3 is 12.2 Å². The van der Waals surface area contributed by atoms with Crippen molar-refractivity contribution >= 4 is 47.0 Å². The highest BCUT2D eigenvalue weighted by atomic mass is 35.5. The van der Waals surface area contributed by atoms with Gasteiger partial charge in [0.05, 0.1) is 15.1 Å². The highest BCUT2D eigenvalue weighted by molar-refractivity contribution is 6.43. The maximum atomic E-state index is 12.9. The van der Waals surface area contributed by atoms with Gasteiger partial charge in [0.15, 0.2) is 5.75 Å². The van der Waals surface area contributed by atoms with Gasteiger partial charge in [-0.1, -0.05) is 114 Å². The number of halogens is 3. The van der Waals surface area contributed by atoms with Crippen molar-refractivity contribution in [1.82, 2.24) is 10.6 Å². The summed E-state index contributed by atoms with van der Waals surface area (Å²) in [6.45, 7) is 0.140. The molecular weight excluding hydrogens is 559 g/mol.